The van der Waals surface area contributed by atoms with E-state index in [0.717, 1.165) is 25.9 Å². The summed E-state index contributed by atoms with van der Waals surface area (Å²) in [5, 5.41) is 9.76. The SMILES string of the molecule is OCC1c2ccccc2CCN1CCc1ccccc1. The lowest BCUT2D eigenvalue weighted by molar-refractivity contribution is 0.115. The predicted octanol–water partition coefficient (Wildman–Crippen LogP) is 2.82. The van der Waals surface area contributed by atoms with Crippen LogP contribution in [0.3, 0.4) is 0 Å². The summed E-state index contributed by atoms with van der Waals surface area (Å²) < 4.78 is 0. The molecule has 1 N–H and O–H groups in total. The monoisotopic (exact) mass is 267 g/mol. The van der Waals surface area contributed by atoms with E-state index in [0.29, 0.717) is 0 Å². The maximum atomic E-state index is 9.76. The molecular weight excluding hydrogens is 246 g/mol. The third-order valence-corrected chi connectivity index (χ3v) is 4.23. The van der Waals surface area contributed by atoms with Crippen LogP contribution >= 0.6 is 0 Å². The van der Waals surface area contributed by atoms with Crippen molar-refractivity contribution in [3.63, 3.8) is 0 Å². The summed E-state index contributed by atoms with van der Waals surface area (Å²) in [7, 11) is 0. The molecule has 1 unspecified atom stereocenters. The van der Waals surface area contributed by atoms with E-state index in [-0.39, 0.29) is 12.6 Å². The Bertz CT molecular complexity index is 552. The Balaban J connectivity index is 1.71. The summed E-state index contributed by atoms with van der Waals surface area (Å²) in [6.45, 7) is 2.24. The molecule has 0 spiro atoms. The van der Waals surface area contributed by atoms with Gasteiger partial charge in [0.15, 0.2) is 0 Å². The van der Waals surface area contributed by atoms with E-state index in [1.807, 2.05) is 0 Å². The van der Waals surface area contributed by atoms with Gasteiger partial charge in [0.25, 0.3) is 0 Å². The first-order valence-corrected chi connectivity index (χ1v) is 7.35. The molecule has 0 bridgehead atoms. The fourth-order valence-corrected chi connectivity index (χ4v) is 3.10. The summed E-state index contributed by atoms with van der Waals surface area (Å²) in [5.41, 5.74) is 4.06. The molecule has 2 nitrogen and oxygen atoms in total. The molecule has 0 saturated heterocycles. The van der Waals surface area contributed by atoms with Crippen LogP contribution in [-0.4, -0.2) is 29.7 Å². The van der Waals surface area contributed by atoms with E-state index in [1.165, 1.54) is 16.7 Å². The molecule has 0 fully saturated rings. The van der Waals surface area contributed by atoms with Crippen LogP contribution in [0.2, 0.25) is 0 Å². The molecule has 1 aliphatic rings. The third kappa shape index (κ3) is 2.77. The first-order valence-electron chi connectivity index (χ1n) is 7.35. The molecule has 3 rings (SSSR count). The van der Waals surface area contributed by atoms with E-state index in [9.17, 15) is 5.11 Å². The fourth-order valence-electron chi connectivity index (χ4n) is 3.10. The van der Waals surface area contributed by atoms with Gasteiger partial charge >= 0.3 is 0 Å². The lowest BCUT2D eigenvalue weighted by Crippen LogP contribution is -2.38. The average Bonchev–Trinajstić information content (AvgIpc) is 2.53. The molecule has 2 aromatic carbocycles. The van der Waals surface area contributed by atoms with Crippen molar-refractivity contribution in [3.8, 4) is 0 Å². The highest BCUT2D eigenvalue weighted by Crippen LogP contribution is 2.29. The highest BCUT2D eigenvalue weighted by molar-refractivity contribution is 5.32. The van der Waals surface area contributed by atoms with E-state index in [2.05, 4.69) is 59.5 Å². The second-order valence-corrected chi connectivity index (χ2v) is 5.42. The Kier molecular flexibility index (Phi) is 4.14. The van der Waals surface area contributed by atoms with Gasteiger partial charge in [-0.3, -0.25) is 4.90 Å². The van der Waals surface area contributed by atoms with Gasteiger partial charge in [0.05, 0.1) is 12.6 Å². The molecule has 1 atom stereocenters. The minimum absolute atomic E-state index is 0.156. The Hall–Kier alpha value is -1.64. The van der Waals surface area contributed by atoms with Gasteiger partial charge in [-0.2, -0.15) is 0 Å². The summed E-state index contributed by atoms with van der Waals surface area (Å²) in [6, 6.07) is 19.2. The van der Waals surface area contributed by atoms with E-state index < -0.39 is 0 Å². The van der Waals surface area contributed by atoms with Crippen molar-refractivity contribution >= 4 is 0 Å². The average molecular weight is 267 g/mol. The number of aliphatic hydroxyl groups is 1. The third-order valence-electron chi connectivity index (χ3n) is 4.23. The number of benzene rings is 2. The summed E-state index contributed by atoms with van der Waals surface area (Å²) in [4.78, 5) is 2.41. The molecule has 0 radical (unpaired) electrons. The quantitative estimate of drug-likeness (QED) is 0.921. The van der Waals surface area contributed by atoms with Crippen LogP contribution in [0.15, 0.2) is 54.6 Å². The molecule has 1 heterocycles. The van der Waals surface area contributed by atoms with Crippen molar-refractivity contribution < 1.29 is 5.11 Å². The van der Waals surface area contributed by atoms with E-state index in [1.54, 1.807) is 0 Å². The van der Waals surface area contributed by atoms with Crippen molar-refractivity contribution in [2.45, 2.75) is 18.9 Å². The van der Waals surface area contributed by atoms with E-state index >= 15 is 0 Å². The normalized spacial score (nSPS) is 18.8. The van der Waals surface area contributed by atoms with Crippen molar-refractivity contribution in [1.29, 1.82) is 0 Å². The molecule has 0 amide bonds. The maximum Gasteiger partial charge on any atom is 0.0628 e. The number of nitrogens with zero attached hydrogens (tertiary/aromatic N) is 1. The highest BCUT2D eigenvalue weighted by atomic mass is 16.3. The standard InChI is InChI=1S/C18H21NO/c20-14-18-17-9-5-4-8-16(17)11-13-19(18)12-10-15-6-2-1-3-7-15/h1-9,18,20H,10-14H2. The Labute approximate surface area is 120 Å². The minimum Gasteiger partial charge on any atom is -0.394 e. The summed E-state index contributed by atoms with van der Waals surface area (Å²) in [6.07, 6.45) is 2.13. The van der Waals surface area contributed by atoms with Gasteiger partial charge in [-0.05, 0) is 29.5 Å². The van der Waals surface area contributed by atoms with Gasteiger partial charge in [-0.15, -0.1) is 0 Å². The van der Waals surface area contributed by atoms with Crippen molar-refractivity contribution in [2.24, 2.45) is 0 Å². The largest absolute Gasteiger partial charge is 0.394 e. The van der Waals surface area contributed by atoms with Crippen LogP contribution in [0.5, 0.6) is 0 Å². The van der Waals surface area contributed by atoms with Crippen LogP contribution in [0.25, 0.3) is 0 Å². The van der Waals surface area contributed by atoms with Crippen LogP contribution < -0.4 is 0 Å². The zero-order valence-electron chi connectivity index (χ0n) is 11.7. The van der Waals surface area contributed by atoms with Crippen LogP contribution in [0.4, 0.5) is 0 Å². The maximum absolute atomic E-state index is 9.76. The molecule has 104 valence electrons. The van der Waals surface area contributed by atoms with Gasteiger partial charge in [0.2, 0.25) is 0 Å². The van der Waals surface area contributed by atoms with E-state index in [4.69, 9.17) is 0 Å². The summed E-state index contributed by atoms with van der Waals surface area (Å²) >= 11 is 0. The van der Waals surface area contributed by atoms with Gasteiger partial charge in [0.1, 0.15) is 0 Å². The lowest BCUT2D eigenvalue weighted by Gasteiger charge is -2.36. The van der Waals surface area contributed by atoms with Crippen molar-refractivity contribution in [1.82, 2.24) is 4.90 Å². The zero-order valence-corrected chi connectivity index (χ0v) is 11.7. The Morgan fingerprint density at radius 1 is 1.00 bits per heavy atom. The predicted molar refractivity (Wildman–Crippen MR) is 81.7 cm³/mol. The number of fused-ring (bicyclic) bond motifs is 1. The van der Waals surface area contributed by atoms with Crippen molar-refractivity contribution in [3.05, 3.63) is 71.3 Å². The van der Waals surface area contributed by atoms with Gasteiger partial charge in [0, 0.05) is 13.1 Å². The lowest BCUT2D eigenvalue weighted by atomic mass is 9.92. The molecule has 1 aliphatic heterocycles. The first kappa shape index (κ1) is 13.3. The first-order chi connectivity index (χ1) is 9.88. The molecule has 0 saturated carbocycles. The molecule has 0 aliphatic carbocycles. The molecule has 20 heavy (non-hydrogen) atoms. The number of hydrogen-bond acceptors (Lipinski definition) is 2. The van der Waals surface area contributed by atoms with Gasteiger partial charge < -0.3 is 5.11 Å². The van der Waals surface area contributed by atoms with Crippen molar-refractivity contribution in [2.75, 3.05) is 19.7 Å². The molecular formula is C18H21NO. The molecule has 0 aromatic heterocycles. The zero-order chi connectivity index (χ0) is 13.8. The second-order valence-electron chi connectivity index (χ2n) is 5.42. The fraction of sp³-hybridized carbons (Fsp3) is 0.333. The second kappa shape index (κ2) is 6.21. The minimum atomic E-state index is 0.156. The number of aliphatic hydroxyl groups excluding tert-OH is 1. The molecule has 2 heteroatoms. The number of rotatable bonds is 4. The topological polar surface area (TPSA) is 23.5 Å². The summed E-state index contributed by atoms with van der Waals surface area (Å²) in [5.74, 6) is 0. The van der Waals surface area contributed by atoms with Gasteiger partial charge in [-0.1, -0.05) is 54.6 Å². The highest BCUT2D eigenvalue weighted by Gasteiger charge is 2.25. The Morgan fingerprint density at radius 2 is 1.75 bits per heavy atom. The van der Waals surface area contributed by atoms with Crippen LogP contribution in [-0.2, 0) is 12.8 Å². The molecule has 2 aromatic rings. The Morgan fingerprint density at radius 3 is 2.55 bits per heavy atom. The number of hydrogen-bond donors (Lipinski definition) is 1. The van der Waals surface area contributed by atoms with Gasteiger partial charge in [-0.25, -0.2) is 0 Å². The van der Waals surface area contributed by atoms with Crippen LogP contribution in [0, 0.1) is 0 Å². The smallest absolute Gasteiger partial charge is 0.0628 e. The van der Waals surface area contributed by atoms with Crippen LogP contribution in [0.1, 0.15) is 22.7 Å².